The van der Waals surface area contributed by atoms with Gasteiger partial charge in [0.1, 0.15) is 5.60 Å². The van der Waals surface area contributed by atoms with Crippen LogP contribution in [0.5, 0.6) is 0 Å². The molecule has 1 aliphatic rings. The first-order chi connectivity index (χ1) is 7.13. The standard InChI is InChI=1S/C13H16O2/c1-10-5-7-11(8-6-10)13(15)9-3-2-4-12(13)14/h3,5-9,12,14-15H,2,4H2,1H3. The zero-order valence-corrected chi connectivity index (χ0v) is 8.85. The zero-order valence-electron chi connectivity index (χ0n) is 8.85. The molecule has 0 aliphatic heterocycles. The van der Waals surface area contributed by atoms with Gasteiger partial charge < -0.3 is 10.2 Å². The van der Waals surface area contributed by atoms with Gasteiger partial charge in [-0.1, -0.05) is 42.0 Å². The summed E-state index contributed by atoms with van der Waals surface area (Å²) in [4.78, 5) is 0. The van der Waals surface area contributed by atoms with Gasteiger partial charge >= 0.3 is 0 Å². The Morgan fingerprint density at radius 1 is 1.27 bits per heavy atom. The van der Waals surface area contributed by atoms with Crippen molar-refractivity contribution in [3.05, 3.63) is 47.5 Å². The summed E-state index contributed by atoms with van der Waals surface area (Å²) < 4.78 is 0. The Morgan fingerprint density at radius 2 is 1.93 bits per heavy atom. The van der Waals surface area contributed by atoms with Crippen molar-refractivity contribution in [2.75, 3.05) is 0 Å². The van der Waals surface area contributed by atoms with Crippen molar-refractivity contribution in [3.63, 3.8) is 0 Å². The molecule has 2 rings (SSSR count). The SMILES string of the molecule is Cc1ccc(C2(O)C=CCCC2O)cc1. The third-order valence-corrected chi connectivity index (χ3v) is 3.00. The quantitative estimate of drug-likeness (QED) is 0.686. The van der Waals surface area contributed by atoms with Gasteiger partial charge in [-0.3, -0.25) is 0 Å². The molecule has 0 spiro atoms. The molecular weight excluding hydrogens is 188 g/mol. The highest BCUT2D eigenvalue weighted by molar-refractivity contribution is 5.32. The van der Waals surface area contributed by atoms with E-state index in [-0.39, 0.29) is 0 Å². The van der Waals surface area contributed by atoms with Crippen LogP contribution in [-0.2, 0) is 5.60 Å². The second-order valence-electron chi connectivity index (χ2n) is 4.19. The summed E-state index contributed by atoms with van der Waals surface area (Å²) >= 11 is 0. The van der Waals surface area contributed by atoms with E-state index < -0.39 is 11.7 Å². The van der Waals surface area contributed by atoms with Crippen molar-refractivity contribution in [1.29, 1.82) is 0 Å². The molecular formula is C13H16O2. The van der Waals surface area contributed by atoms with Crippen molar-refractivity contribution < 1.29 is 10.2 Å². The first-order valence-corrected chi connectivity index (χ1v) is 5.28. The smallest absolute Gasteiger partial charge is 0.133 e. The van der Waals surface area contributed by atoms with E-state index >= 15 is 0 Å². The first kappa shape index (κ1) is 10.4. The molecule has 15 heavy (non-hydrogen) atoms. The summed E-state index contributed by atoms with van der Waals surface area (Å²) in [5.41, 5.74) is 0.708. The van der Waals surface area contributed by atoms with Gasteiger partial charge in [0.15, 0.2) is 0 Å². The Balaban J connectivity index is 2.39. The lowest BCUT2D eigenvalue weighted by Gasteiger charge is -2.33. The third-order valence-electron chi connectivity index (χ3n) is 3.00. The molecule has 2 heteroatoms. The summed E-state index contributed by atoms with van der Waals surface area (Å²) in [6.07, 6.45) is 4.36. The van der Waals surface area contributed by atoms with E-state index in [2.05, 4.69) is 0 Å². The van der Waals surface area contributed by atoms with Crippen molar-refractivity contribution in [2.24, 2.45) is 0 Å². The molecule has 0 saturated carbocycles. The van der Waals surface area contributed by atoms with Crippen LogP contribution in [0.15, 0.2) is 36.4 Å². The van der Waals surface area contributed by atoms with Gasteiger partial charge in [0.05, 0.1) is 6.10 Å². The minimum absolute atomic E-state index is 0.612. The highest BCUT2D eigenvalue weighted by Gasteiger charge is 2.36. The lowest BCUT2D eigenvalue weighted by atomic mass is 9.82. The van der Waals surface area contributed by atoms with E-state index in [0.717, 1.165) is 17.5 Å². The van der Waals surface area contributed by atoms with Gasteiger partial charge in [0.25, 0.3) is 0 Å². The summed E-state index contributed by atoms with van der Waals surface area (Å²) in [5, 5.41) is 20.2. The Bertz CT molecular complexity index is 367. The van der Waals surface area contributed by atoms with E-state index in [1.807, 2.05) is 37.3 Å². The molecule has 2 atom stereocenters. The number of benzene rings is 1. The molecule has 0 fully saturated rings. The van der Waals surface area contributed by atoms with Crippen LogP contribution in [0.2, 0.25) is 0 Å². The molecule has 0 saturated heterocycles. The molecule has 2 unspecified atom stereocenters. The second-order valence-corrected chi connectivity index (χ2v) is 4.19. The van der Waals surface area contributed by atoms with Crippen molar-refractivity contribution in [3.8, 4) is 0 Å². The Labute approximate surface area is 89.9 Å². The lowest BCUT2D eigenvalue weighted by molar-refractivity contribution is -0.0518. The number of rotatable bonds is 1. The fourth-order valence-corrected chi connectivity index (χ4v) is 1.96. The zero-order chi connectivity index (χ0) is 10.9. The van der Waals surface area contributed by atoms with Gasteiger partial charge in [-0.15, -0.1) is 0 Å². The monoisotopic (exact) mass is 204 g/mol. The molecule has 0 amide bonds. The largest absolute Gasteiger partial charge is 0.389 e. The molecule has 0 radical (unpaired) electrons. The van der Waals surface area contributed by atoms with Crippen LogP contribution < -0.4 is 0 Å². The number of allylic oxidation sites excluding steroid dienone is 1. The van der Waals surface area contributed by atoms with Gasteiger partial charge in [-0.2, -0.15) is 0 Å². The molecule has 2 N–H and O–H groups in total. The second kappa shape index (κ2) is 3.80. The molecule has 0 bridgehead atoms. The summed E-state index contributed by atoms with van der Waals surface area (Å²) in [6.45, 7) is 2.00. The highest BCUT2D eigenvalue weighted by Crippen LogP contribution is 2.32. The first-order valence-electron chi connectivity index (χ1n) is 5.28. The van der Waals surface area contributed by atoms with E-state index in [1.54, 1.807) is 6.08 Å². The Morgan fingerprint density at radius 3 is 2.53 bits per heavy atom. The normalized spacial score (nSPS) is 30.5. The Kier molecular flexibility index (Phi) is 2.63. The topological polar surface area (TPSA) is 40.5 Å². The van der Waals surface area contributed by atoms with E-state index in [4.69, 9.17) is 0 Å². The molecule has 0 heterocycles. The maximum Gasteiger partial charge on any atom is 0.133 e. The van der Waals surface area contributed by atoms with E-state index in [1.165, 1.54) is 0 Å². The molecule has 1 aliphatic carbocycles. The van der Waals surface area contributed by atoms with Crippen LogP contribution in [0.25, 0.3) is 0 Å². The van der Waals surface area contributed by atoms with Gasteiger partial charge in [-0.05, 0) is 25.3 Å². The van der Waals surface area contributed by atoms with Crippen LogP contribution >= 0.6 is 0 Å². The summed E-state index contributed by atoms with van der Waals surface area (Å²) in [5.74, 6) is 0. The summed E-state index contributed by atoms with van der Waals surface area (Å²) in [6, 6.07) is 7.63. The van der Waals surface area contributed by atoms with E-state index in [0.29, 0.717) is 6.42 Å². The van der Waals surface area contributed by atoms with Crippen LogP contribution in [0.4, 0.5) is 0 Å². The van der Waals surface area contributed by atoms with Crippen LogP contribution in [0.1, 0.15) is 24.0 Å². The highest BCUT2D eigenvalue weighted by atomic mass is 16.3. The van der Waals surface area contributed by atoms with Crippen LogP contribution in [0.3, 0.4) is 0 Å². The average molecular weight is 204 g/mol. The number of hydrogen-bond donors (Lipinski definition) is 2. The average Bonchev–Trinajstić information content (AvgIpc) is 2.23. The molecule has 2 nitrogen and oxygen atoms in total. The number of aliphatic hydroxyl groups is 2. The number of aliphatic hydroxyl groups excluding tert-OH is 1. The lowest BCUT2D eigenvalue weighted by Crippen LogP contribution is -2.39. The van der Waals surface area contributed by atoms with Gasteiger partial charge in [0.2, 0.25) is 0 Å². The summed E-state index contributed by atoms with van der Waals surface area (Å²) in [7, 11) is 0. The molecule has 1 aromatic carbocycles. The number of aryl methyl sites for hydroxylation is 1. The molecule has 1 aromatic rings. The third kappa shape index (κ3) is 1.83. The maximum atomic E-state index is 10.4. The van der Waals surface area contributed by atoms with Crippen molar-refractivity contribution in [1.82, 2.24) is 0 Å². The van der Waals surface area contributed by atoms with Crippen LogP contribution in [-0.4, -0.2) is 16.3 Å². The fraction of sp³-hybridized carbons (Fsp3) is 0.385. The van der Waals surface area contributed by atoms with Crippen molar-refractivity contribution in [2.45, 2.75) is 31.5 Å². The maximum absolute atomic E-state index is 10.4. The molecule has 0 aromatic heterocycles. The Hall–Kier alpha value is -1.12. The fourth-order valence-electron chi connectivity index (χ4n) is 1.96. The minimum Gasteiger partial charge on any atom is -0.389 e. The molecule has 80 valence electrons. The van der Waals surface area contributed by atoms with Crippen molar-refractivity contribution >= 4 is 0 Å². The van der Waals surface area contributed by atoms with Gasteiger partial charge in [-0.25, -0.2) is 0 Å². The predicted molar refractivity (Wildman–Crippen MR) is 59.5 cm³/mol. The minimum atomic E-state index is -1.20. The van der Waals surface area contributed by atoms with E-state index in [9.17, 15) is 10.2 Å². The van der Waals surface area contributed by atoms with Crippen LogP contribution in [0, 0.1) is 6.92 Å². The predicted octanol–water partition coefficient (Wildman–Crippen LogP) is 1.89. The number of hydrogen-bond acceptors (Lipinski definition) is 2. The van der Waals surface area contributed by atoms with Gasteiger partial charge in [0, 0.05) is 0 Å².